The van der Waals surface area contributed by atoms with Gasteiger partial charge < -0.3 is 10.1 Å². The fourth-order valence-corrected chi connectivity index (χ4v) is 6.86. The lowest BCUT2D eigenvalue weighted by Crippen LogP contribution is -2.40. The number of rotatable bonds is 4. The van der Waals surface area contributed by atoms with E-state index in [2.05, 4.69) is 57.4 Å². The van der Waals surface area contributed by atoms with Crippen LogP contribution in [0, 0.1) is 0 Å². The highest BCUT2D eigenvalue weighted by atomic mass is 32.1. The molecular formula is C22H22N4OS2. The van der Waals surface area contributed by atoms with Crippen LogP contribution in [0.25, 0.3) is 20.4 Å². The second kappa shape index (κ2) is 6.74. The van der Waals surface area contributed by atoms with E-state index in [1.54, 1.807) is 11.3 Å². The fraction of sp³-hybridized carbons (Fsp3) is 0.364. The van der Waals surface area contributed by atoms with Gasteiger partial charge in [0.05, 0.1) is 34.6 Å². The summed E-state index contributed by atoms with van der Waals surface area (Å²) in [5.41, 5.74) is 5.21. The van der Waals surface area contributed by atoms with Crippen LogP contribution in [0.2, 0.25) is 0 Å². The first-order valence-electron chi connectivity index (χ1n) is 10.1. The van der Waals surface area contributed by atoms with Gasteiger partial charge in [0.15, 0.2) is 0 Å². The molecule has 1 N–H and O–H groups in total. The predicted molar refractivity (Wildman–Crippen MR) is 121 cm³/mol. The van der Waals surface area contributed by atoms with Crippen molar-refractivity contribution in [3.63, 3.8) is 0 Å². The standard InChI is InChI=1S/C22H22N4OS2/c1-2-26-8-6-22(12-27-11-19(22)26)20-10-15-16(5-7-23-21(15)29-20)25-14-3-4-18-17(9-14)24-13-28-18/h3-5,7,9-10,13,19H,2,6,8,11-12H2,1H3,(H,23,25). The summed E-state index contributed by atoms with van der Waals surface area (Å²) in [5, 5.41) is 4.79. The second-order valence-corrected chi connectivity index (χ2v) is 9.83. The minimum Gasteiger partial charge on any atom is -0.379 e. The Balaban J connectivity index is 1.40. The predicted octanol–water partition coefficient (Wildman–Crippen LogP) is 5.01. The van der Waals surface area contributed by atoms with Gasteiger partial charge in [0.25, 0.3) is 0 Å². The molecule has 0 aliphatic carbocycles. The van der Waals surface area contributed by atoms with Gasteiger partial charge in [0, 0.05) is 33.6 Å². The smallest absolute Gasteiger partial charge is 0.125 e. The average molecular weight is 423 g/mol. The number of hydrogen-bond acceptors (Lipinski definition) is 7. The van der Waals surface area contributed by atoms with Gasteiger partial charge in [-0.25, -0.2) is 9.97 Å². The summed E-state index contributed by atoms with van der Waals surface area (Å²) in [7, 11) is 0. The Morgan fingerprint density at radius 3 is 3.17 bits per heavy atom. The molecule has 0 amide bonds. The van der Waals surface area contributed by atoms with E-state index in [1.165, 1.54) is 21.4 Å². The maximum atomic E-state index is 5.98. The zero-order valence-electron chi connectivity index (χ0n) is 16.2. The van der Waals surface area contributed by atoms with Gasteiger partial charge in [0.1, 0.15) is 4.83 Å². The number of thiazole rings is 1. The van der Waals surface area contributed by atoms with Crippen molar-refractivity contribution in [2.45, 2.75) is 24.8 Å². The molecule has 0 saturated carbocycles. The highest BCUT2D eigenvalue weighted by molar-refractivity contribution is 7.19. The van der Waals surface area contributed by atoms with Crippen LogP contribution in [0.5, 0.6) is 0 Å². The van der Waals surface area contributed by atoms with E-state index in [0.717, 1.165) is 48.0 Å². The number of nitrogens with zero attached hydrogens (tertiary/aromatic N) is 3. The molecule has 0 spiro atoms. The number of hydrogen-bond donors (Lipinski definition) is 1. The van der Waals surface area contributed by atoms with Crippen LogP contribution in [0.15, 0.2) is 42.0 Å². The average Bonchev–Trinajstić information content (AvgIpc) is 3.49. The first kappa shape index (κ1) is 17.8. The lowest BCUT2D eigenvalue weighted by Gasteiger charge is -2.28. The molecule has 1 aromatic carbocycles. The van der Waals surface area contributed by atoms with Crippen LogP contribution >= 0.6 is 22.7 Å². The van der Waals surface area contributed by atoms with Crippen molar-refractivity contribution in [3.8, 4) is 0 Å². The fourth-order valence-electron chi connectivity index (χ4n) is 4.92. The van der Waals surface area contributed by atoms with Crippen molar-refractivity contribution in [2.24, 2.45) is 0 Å². The monoisotopic (exact) mass is 422 g/mol. The summed E-state index contributed by atoms with van der Waals surface area (Å²) >= 11 is 3.50. The van der Waals surface area contributed by atoms with E-state index in [0.29, 0.717) is 6.04 Å². The summed E-state index contributed by atoms with van der Waals surface area (Å²) in [5.74, 6) is 0. The zero-order chi connectivity index (χ0) is 19.4. The van der Waals surface area contributed by atoms with Crippen LogP contribution in [0.3, 0.4) is 0 Å². The maximum Gasteiger partial charge on any atom is 0.125 e. The first-order valence-corrected chi connectivity index (χ1v) is 11.8. The van der Waals surface area contributed by atoms with E-state index in [4.69, 9.17) is 4.74 Å². The molecule has 2 atom stereocenters. The topological polar surface area (TPSA) is 50.3 Å². The molecule has 2 saturated heterocycles. The Kier molecular flexibility index (Phi) is 4.13. The van der Waals surface area contributed by atoms with Crippen molar-refractivity contribution in [1.29, 1.82) is 0 Å². The van der Waals surface area contributed by atoms with Crippen LogP contribution in [0.4, 0.5) is 11.4 Å². The number of benzene rings is 1. The number of likely N-dealkylation sites (tertiary alicyclic amines) is 1. The van der Waals surface area contributed by atoms with Gasteiger partial charge in [-0.05, 0) is 49.8 Å². The van der Waals surface area contributed by atoms with Gasteiger partial charge >= 0.3 is 0 Å². The molecule has 148 valence electrons. The van der Waals surface area contributed by atoms with E-state index >= 15 is 0 Å². The largest absolute Gasteiger partial charge is 0.379 e. The number of anilines is 2. The first-order chi connectivity index (χ1) is 14.3. The second-order valence-electron chi connectivity index (χ2n) is 7.91. The molecule has 2 fully saturated rings. The number of aromatic nitrogens is 2. The summed E-state index contributed by atoms with van der Waals surface area (Å²) in [4.78, 5) is 14.2. The molecule has 2 unspecified atom stereocenters. The summed E-state index contributed by atoms with van der Waals surface area (Å²) in [6, 6.07) is 11.3. The molecule has 7 heteroatoms. The van der Waals surface area contributed by atoms with Crippen molar-refractivity contribution < 1.29 is 4.74 Å². The summed E-state index contributed by atoms with van der Waals surface area (Å²) in [6.45, 7) is 6.16. The Morgan fingerprint density at radius 1 is 1.28 bits per heavy atom. The molecule has 6 rings (SSSR count). The van der Waals surface area contributed by atoms with Gasteiger partial charge in [-0.2, -0.15) is 0 Å². The van der Waals surface area contributed by atoms with E-state index < -0.39 is 0 Å². The summed E-state index contributed by atoms with van der Waals surface area (Å²) in [6.07, 6.45) is 3.07. The van der Waals surface area contributed by atoms with Crippen molar-refractivity contribution in [3.05, 3.63) is 46.9 Å². The van der Waals surface area contributed by atoms with Crippen LogP contribution in [-0.2, 0) is 10.2 Å². The molecule has 0 bridgehead atoms. The molecule has 29 heavy (non-hydrogen) atoms. The Bertz CT molecular complexity index is 1200. The third-order valence-corrected chi connectivity index (χ3v) is 8.57. The molecule has 2 aliphatic heterocycles. The number of fused-ring (bicyclic) bond motifs is 3. The number of thiophene rings is 1. The molecule has 2 aliphatic rings. The Morgan fingerprint density at radius 2 is 2.24 bits per heavy atom. The molecule has 5 nitrogen and oxygen atoms in total. The van der Waals surface area contributed by atoms with Gasteiger partial charge in [-0.1, -0.05) is 6.92 Å². The van der Waals surface area contributed by atoms with Crippen molar-refractivity contribution >= 4 is 54.5 Å². The molecule has 3 aromatic heterocycles. The lowest BCUT2D eigenvalue weighted by atomic mass is 9.81. The van der Waals surface area contributed by atoms with E-state index in [-0.39, 0.29) is 5.41 Å². The van der Waals surface area contributed by atoms with E-state index in [1.807, 2.05) is 23.0 Å². The van der Waals surface area contributed by atoms with E-state index in [9.17, 15) is 0 Å². The highest BCUT2D eigenvalue weighted by Crippen LogP contribution is 2.48. The lowest BCUT2D eigenvalue weighted by molar-refractivity contribution is 0.148. The number of pyridine rings is 1. The number of likely N-dealkylation sites (N-methyl/N-ethyl adjacent to an activating group) is 1. The Hall–Kier alpha value is -2.06. The van der Waals surface area contributed by atoms with Crippen molar-refractivity contribution in [1.82, 2.24) is 14.9 Å². The molecular weight excluding hydrogens is 400 g/mol. The quantitative estimate of drug-likeness (QED) is 0.501. The Labute approximate surface area is 177 Å². The van der Waals surface area contributed by atoms with Gasteiger partial charge in [-0.3, -0.25) is 4.90 Å². The van der Waals surface area contributed by atoms with Crippen LogP contribution in [0.1, 0.15) is 18.2 Å². The third kappa shape index (κ3) is 2.72. The normalized spacial score (nSPS) is 24.5. The van der Waals surface area contributed by atoms with Gasteiger partial charge in [0.2, 0.25) is 0 Å². The third-order valence-electron chi connectivity index (χ3n) is 6.50. The highest BCUT2D eigenvalue weighted by Gasteiger charge is 2.52. The summed E-state index contributed by atoms with van der Waals surface area (Å²) < 4.78 is 7.19. The van der Waals surface area contributed by atoms with Crippen LogP contribution in [-0.4, -0.2) is 47.2 Å². The van der Waals surface area contributed by atoms with Crippen LogP contribution < -0.4 is 5.32 Å². The maximum absolute atomic E-state index is 5.98. The zero-order valence-corrected chi connectivity index (χ0v) is 17.9. The molecule has 5 heterocycles. The number of nitrogens with one attached hydrogen (secondary N) is 1. The number of ether oxygens (including phenoxy) is 1. The minimum atomic E-state index is 0.123. The SMILES string of the molecule is CCN1CCC2(c3cc4c(Nc5ccc6scnc6c5)ccnc4s3)COCC12. The van der Waals surface area contributed by atoms with Gasteiger partial charge in [-0.15, -0.1) is 22.7 Å². The minimum absolute atomic E-state index is 0.123. The van der Waals surface area contributed by atoms with Crippen molar-refractivity contribution in [2.75, 3.05) is 31.6 Å². The molecule has 0 radical (unpaired) electrons. The molecule has 4 aromatic rings.